The van der Waals surface area contributed by atoms with Gasteiger partial charge in [0.1, 0.15) is 11.8 Å². The molecule has 31 heavy (non-hydrogen) atoms. The molecule has 168 valence electrons. The molecule has 2 rings (SSSR count). The summed E-state index contributed by atoms with van der Waals surface area (Å²) in [6.45, 7) is 8.21. The van der Waals surface area contributed by atoms with Crippen molar-refractivity contribution in [1.29, 1.82) is 0 Å². The third-order valence-corrected chi connectivity index (χ3v) is 5.72. The molecule has 0 spiro atoms. The van der Waals surface area contributed by atoms with Gasteiger partial charge in [-0.05, 0) is 50.5 Å². The van der Waals surface area contributed by atoms with E-state index in [4.69, 9.17) is 4.74 Å². The van der Waals surface area contributed by atoms with Gasteiger partial charge in [-0.2, -0.15) is 0 Å². The predicted molar refractivity (Wildman–Crippen MR) is 128 cm³/mol. The van der Waals surface area contributed by atoms with Crippen LogP contribution < -0.4 is 10.1 Å². The Hall–Kier alpha value is -2.47. The number of nitrogens with one attached hydrogen (secondary N) is 1. The van der Waals surface area contributed by atoms with E-state index in [0.717, 1.165) is 22.6 Å². The van der Waals surface area contributed by atoms with Gasteiger partial charge in [0, 0.05) is 17.8 Å². The lowest BCUT2D eigenvalue weighted by Crippen LogP contribution is -2.53. The predicted octanol–water partition coefficient (Wildman–Crippen LogP) is 4.65. The maximum atomic E-state index is 13.2. The van der Waals surface area contributed by atoms with E-state index in [0.29, 0.717) is 18.7 Å². The highest BCUT2D eigenvalue weighted by Gasteiger charge is 2.30. The fraction of sp³-hybridized carbons (Fsp3) is 0.440. The van der Waals surface area contributed by atoms with Gasteiger partial charge in [0.15, 0.2) is 0 Å². The number of hydrogen-bond donors (Lipinski definition) is 1. The Morgan fingerprint density at radius 3 is 2.23 bits per heavy atom. The van der Waals surface area contributed by atoms with Crippen molar-refractivity contribution in [3.05, 3.63) is 65.7 Å². The number of amides is 2. The Labute approximate surface area is 190 Å². The highest BCUT2D eigenvalue weighted by molar-refractivity contribution is 7.99. The largest absolute Gasteiger partial charge is 0.497 e. The summed E-state index contributed by atoms with van der Waals surface area (Å²) in [6, 6.07) is 17.2. The summed E-state index contributed by atoms with van der Waals surface area (Å²) in [7, 11) is 1.64. The van der Waals surface area contributed by atoms with Gasteiger partial charge in [-0.3, -0.25) is 9.59 Å². The third kappa shape index (κ3) is 8.29. The lowest BCUT2D eigenvalue weighted by Gasteiger charge is -2.33. The first kappa shape index (κ1) is 24.8. The lowest BCUT2D eigenvalue weighted by atomic mass is 10.1. The molecule has 0 aliphatic rings. The van der Waals surface area contributed by atoms with Gasteiger partial charge in [-0.25, -0.2) is 0 Å². The van der Waals surface area contributed by atoms with Crippen LogP contribution in [0.5, 0.6) is 5.75 Å². The molecule has 2 aromatic carbocycles. The molecule has 0 aliphatic carbocycles. The van der Waals surface area contributed by atoms with Crippen molar-refractivity contribution in [2.24, 2.45) is 0 Å². The average molecular weight is 443 g/mol. The molecule has 2 aromatic rings. The number of thioether (sulfide) groups is 1. The van der Waals surface area contributed by atoms with Gasteiger partial charge in [-0.15, -0.1) is 11.8 Å². The minimum absolute atomic E-state index is 0.0294. The van der Waals surface area contributed by atoms with Crippen molar-refractivity contribution in [3.63, 3.8) is 0 Å². The summed E-state index contributed by atoms with van der Waals surface area (Å²) in [4.78, 5) is 27.9. The van der Waals surface area contributed by atoms with Crippen LogP contribution >= 0.6 is 11.8 Å². The molecule has 0 heterocycles. The van der Waals surface area contributed by atoms with Crippen LogP contribution in [-0.2, 0) is 21.9 Å². The summed E-state index contributed by atoms with van der Waals surface area (Å²) >= 11 is 1.56. The molecule has 0 bridgehead atoms. The Morgan fingerprint density at radius 2 is 1.68 bits per heavy atom. The Morgan fingerprint density at radius 1 is 1.03 bits per heavy atom. The van der Waals surface area contributed by atoms with E-state index >= 15 is 0 Å². The first-order valence-electron chi connectivity index (χ1n) is 10.6. The van der Waals surface area contributed by atoms with E-state index in [1.165, 1.54) is 0 Å². The zero-order valence-electron chi connectivity index (χ0n) is 19.2. The van der Waals surface area contributed by atoms with Gasteiger partial charge >= 0.3 is 0 Å². The molecule has 0 fully saturated rings. The number of methoxy groups -OCH3 is 1. The maximum absolute atomic E-state index is 13.2. The zero-order chi connectivity index (χ0) is 22.9. The molecule has 2 amide bonds. The van der Waals surface area contributed by atoms with Crippen molar-refractivity contribution in [2.75, 3.05) is 12.9 Å². The molecule has 1 N–H and O–H groups in total. The summed E-state index contributed by atoms with van der Waals surface area (Å²) in [5.41, 5.74) is 1.79. The first-order chi connectivity index (χ1) is 14.7. The molecule has 0 aliphatic heterocycles. The van der Waals surface area contributed by atoms with Crippen molar-refractivity contribution in [2.45, 2.75) is 58.0 Å². The molecule has 0 saturated heterocycles. The topological polar surface area (TPSA) is 58.6 Å². The minimum Gasteiger partial charge on any atom is -0.497 e. The van der Waals surface area contributed by atoms with Gasteiger partial charge in [0.05, 0.1) is 12.9 Å². The summed E-state index contributed by atoms with van der Waals surface area (Å²) in [5, 5.41) is 3.03. The van der Waals surface area contributed by atoms with Crippen molar-refractivity contribution in [1.82, 2.24) is 10.2 Å². The fourth-order valence-corrected chi connectivity index (χ4v) is 4.08. The first-order valence-corrected chi connectivity index (χ1v) is 11.7. The van der Waals surface area contributed by atoms with Crippen LogP contribution in [0.4, 0.5) is 0 Å². The second-order valence-corrected chi connectivity index (χ2v) is 9.50. The monoisotopic (exact) mass is 442 g/mol. The summed E-state index contributed by atoms with van der Waals surface area (Å²) < 4.78 is 5.19. The zero-order valence-corrected chi connectivity index (χ0v) is 20.0. The molecule has 0 aromatic heterocycles. The molecule has 0 radical (unpaired) electrons. The van der Waals surface area contributed by atoms with Crippen LogP contribution in [0.2, 0.25) is 0 Å². The minimum atomic E-state index is -0.506. The van der Waals surface area contributed by atoms with E-state index in [-0.39, 0.29) is 17.4 Å². The van der Waals surface area contributed by atoms with Gasteiger partial charge in [0.25, 0.3) is 0 Å². The molecule has 0 saturated carbocycles. The quantitative estimate of drug-likeness (QED) is 0.582. The molecule has 1 unspecified atom stereocenters. The van der Waals surface area contributed by atoms with Crippen LogP contribution in [0, 0.1) is 0 Å². The maximum Gasteiger partial charge on any atom is 0.243 e. The van der Waals surface area contributed by atoms with Crippen LogP contribution in [0.1, 0.15) is 45.2 Å². The van der Waals surface area contributed by atoms with E-state index in [9.17, 15) is 9.59 Å². The average Bonchev–Trinajstić information content (AvgIpc) is 2.73. The summed E-state index contributed by atoms with van der Waals surface area (Å²) in [5.74, 6) is 1.71. The van der Waals surface area contributed by atoms with Gasteiger partial charge in [0.2, 0.25) is 11.8 Å². The van der Waals surface area contributed by atoms with Crippen molar-refractivity contribution in [3.8, 4) is 5.75 Å². The molecule has 6 heteroatoms. The SMILES string of the molecule is CCC(C(=O)NC(C)(C)C)N(Cc1ccccc1)C(=O)CSCc1ccc(OC)cc1. The number of ether oxygens (including phenoxy) is 1. The van der Waals surface area contributed by atoms with E-state index in [1.807, 2.05) is 82.3 Å². The van der Waals surface area contributed by atoms with Crippen LogP contribution in [0.3, 0.4) is 0 Å². The van der Waals surface area contributed by atoms with Crippen molar-refractivity contribution < 1.29 is 14.3 Å². The second-order valence-electron chi connectivity index (χ2n) is 8.51. The Balaban J connectivity index is 2.09. The van der Waals surface area contributed by atoms with Crippen molar-refractivity contribution >= 4 is 23.6 Å². The molecule has 1 atom stereocenters. The third-order valence-electron chi connectivity index (χ3n) is 4.73. The number of carbonyl (C=O) groups excluding carboxylic acids is 2. The number of rotatable bonds is 10. The lowest BCUT2D eigenvalue weighted by molar-refractivity contribution is -0.140. The highest BCUT2D eigenvalue weighted by atomic mass is 32.2. The van der Waals surface area contributed by atoms with E-state index < -0.39 is 6.04 Å². The molecular weight excluding hydrogens is 408 g/mol. The van der Waals surface area contributed by atoms with Crippen LogP contribution in [0.25, 0.3) is 0 Å². The normalized spacial score (nSPS) is 12.2. The molecular formula is C25H34N2O3S. The molecule has 5 nitrogen and oxygen atoms in total. The van der Waals surface area contributed by atoms with Crippen LogP contribution in [0.15, 0.2) is 54.6 Å². The van der Waals surface area contributed by atoms with E-state index in [1.54, 1.807) is 23.8 Å². The standard InChI is InChI=1S/C25H34N2O3S/c1-6-22(24(29)26-25(2,3)4)27(16-19-10-8-7-9-11-19)23(28)18-31-17-20-12-14-21(30-5)15-13-20/h7-15,22H,6,16-18H2,1-5H3,(H,26,29). The highest BCUT2D eigenvalue weighted by Crippen LogP contribution is 2.19. The summed E-state index contributed by atoms with van der Waals surface area (Å²) in [6.07, 6.45) is 0.559. The second kappa shape index (κ2) is 11.8. The van der Waals surface area contributed by atoms with Gasteiger partial charge in [-0.1, -0.05) is 49.4 Å². The number of benzene rings is 2. The Bertz CT molecular complexity index is 832. The fourth-order valence-electron chi connectivity index (χ4n) is 3.21. The van der Waals surface area contributed by atoms with E-state index in [2.05, 4.69) is 5.32 Å². The van der Waals surface area contributed by atoms with Gasteiger partial charge < -0.3 is 15.0 Å². The number of hydrogen-bond acceptors (Lipinski definition) is 4. The number of nitrogens with zero attached hydrogens (tertiary/aromatic N) is 1. The smallest absolute Gasteiger partial charge is 0.243 e. The Kier molecular flexibility index (Phi) is 9.44. The van der Waals surface area contributed by atoms with Crippen LogP contribution in [-0.4, -0.2) is 41.2 Å². The number of carbonyl (C=O) groups is 2.